The van der Waals surface area contributed by atoms with Crippen LogP contribution in [0.4, 0.5) is 34.1 Å². The van der Waals surface area contributed by atoms with Gasteiger partial charge in [0.15, 0.2) is 0 Å². The number of benzene rings is 8. The highest BCUT2D eigenvalue weighted by molar-refractivity contribution is 7.19. The monoisotopic (exact) mass is 840 g/mol. The Morgan fingerprint density at radius 3 is 1.25 bits per heavy atom. The fourth-order valence-electron chi connectivity index (χ4n) is 8.89. The summed E-state index contributed by atoms with van der Waals surface area (Å²) >= 11 is 0. The number of hydrogen-bond donors (Lipinski definition) is 1. The maximum atomic E-state index is 11.8. The van der Waals surface area contributed by atoms with Gasteiger partial charge in [0, 0.05) is 45.4 Å². The number of aromatic nitrogens is 2. The molecule has 1 N–H and O–H groups in total. The Morgan fingerprint density at radius 2 is 0.781 bits per heavy atom. The van der Waals surface area contributed by atoms with Gasteiger partial charge in [0.05, 0.1) is 22.8 Å². The maximum absolute atomic E-state index is 11.8. The zero-order valence-corrected chi connectivity index (χ0v) is 36.1. The van der Waals surface area contributed by atoms with Crippen molar-refractivity contribution in [1.82, 2.24) is 9.97 Å². The molecule has 0 bridgehead atoms. The maximum Gasteiger partial charge on any atom is 0.201 e. The first-order valence-electron chi connectivity index (χ1n) is 21.5. The molecular formula is C58H44N4OSi. The van der Waals surface area contributed by atoms with E-state index in [4.69, 9.17) is 9.97 Å². The zero-order chi connectivity index (χ0) is 43.1. The van der Waals surface area contributed by atoms with Crippen molar-refractivity contribution in [3.8, 4) is 28.3 Å². The lowest BCUT2D eigenvalue weighted by molar-refractivity contribution is 0.477. The van der Waals surface area contributed by atoms with Gasteiger partial charge >= 0.3 is 0 Å². The van der Waals surface area contributed by atoms with E-state index in [1.165, 1.54) is 15.6 Å². The number of hydrogen-bond acceptors (Lipinski definition) is 5. The molecule has 2 heterocycles. The second kappa shape index (κ2) is 18.0. The number of aromatic hydroxyl groups is 1. The van der Waals surface area contributed by atoms with Crippen molar-refractivity contribution in [3.63, 3.8) is 0 Å². The van der Waals surface area contributed by atoms with Crippen molar-refractivity contribution in [2.75, 3.05) is 9.80 Å². The van der Waals surface area contributed by atoms with Gasteiger partial charge in [0.25, 0.3) is 0 Å². The predicted molar refractivity (Wildman–Crippen MR) is 268 cm³/mol. The highest BCUT2D eigenvalue weighted by Crippen LogP contribution is 2.48. The van der Waals surface area contributed by atoms with Crippen LogP contribution in [0.15, 0.2) is 261 Å². The lowest BCUT2D eigenvalue weighted by Gasteiger charge is -2.34. The molecule has 306 valence electrons. The van der Waals surface area contributed by atoms with Crippen LogP contribution in [0.2, 0.25) is 0 Å². The predicted octanol–water partition coefficient (Wildman–Crippen LogP) is 11.8. The van der Waals surface area contributed by atoms with E-state index in [0.717, 1.165) is 50.7 Å². The van der Waals surface area contributed by atoms with Crippen LogP contribution < -0.4 is 30.7 Å². The van der Waals surface area contributed by atoms with Gasteiger partial charge in [-0.25, -0.2) is 4.98 Å². The number of nitrogens with zero attached hydrogens (tertiary/aromatic N) is 4. The van der Waals surface area contributed by atoms with Crippen LogP contribution in [0.1, 0.15) is 0 Å². The molecule has 0 unspecified atom stereocenters. The van der Waals surface area contributed by atoms with E-state index in [0.29, 0.717) is 11.3 Å². The largest absolute Gasteiger partial charge is 0.507 e. The Bertz CT molecular complexity index is 2930. The number of phenolic OH excluding ortho intramolecular Hbond substituents is 1. The van der Waals surface area contributed by atoms with Gasteiger partial charge in [-0.05, 0) is 94.4 Å². The molecule has 0 aliphatic rings. The Morgan fingerprint density at radius 1 is 0.359 bits per heavy atom. The zero-order valence-electron chi connectivity index (χ0n) is 35.1. The van der Waals surface area contributed by atoms with Gasteiger partial charge in [-0.3, -0.25) is 4.98 Å². The normalized spacial score (nSPS) is 11.2. The summed E-state index contributed by atoms with van der Waals surface area (Å²) in [4.78, 5) is 15.5. The summed E-state index contributed by atoms with van der Waals surface area (Å²) in [6.45, 7) is 0. The second-order valence-corrected chi connectivity index (χ2v) is 19.3. The summed E-state index contributed by atoms with van der Waals surface area (Å²) < 4.78 is 0. The molecule has 0 aliphatic heterocycles. The molecule has 0 aliphatic carbocycles. The van der Waals surface area contributed by atoms with E-state index in [2.05, 4.69) is 210 Å². The van der Waals surface area contributed by atoms with Gasteiger partial charge in [-0.2, -0.15) is 0 Å². The SMILES string of the molecule is Oc1ccccc1-c1nc(-c2cccc([Si](c3ccccc3)(c3ccccc3)c3ccccn3)c2)c(N(c2ccccc2)c2ccccc2)cc1N(c1ccccc1)c1ccccc1. The average Bonchev–Trinajstić information content (AvgIpc) is 3.37. The first-order valence-corrected chi connectivity index (χ1v) is 23.5. The minimum absolute atomic E-state index is 0.141. The molecule has 8 aromatic carbocycles. The molecule has 2 aromatic heterocycles. The number of pyridine rings is 2. The summed E-state index contributed by atoms with van der Waals surface area (Å²) in [6, 6.07) is 88.3. The molecule has 0 spiro atoms. The molecule has 6 heteroatoms. The summed E-state index contributed by atoms with van der Waals surface area (Å²) in [5.74, 6) is 0.141. The van der Waals surface area contributed by atoms with Crippen molar-refractivity contribution in [1.29, 1.82) is 0 Å². The standard InChI is InChI=1S/C58H44N4OSi/c63-55-39-20-19-38-52(55)58-54(62(47-29-11-3-12-30-47)48-31-13-4-14-32-48)43-53(61(45-25-7-1-8-26-45)46-27-9-2-10-28-46)57(60-58)44-24-23-37-51(42-44)64(49-33-15-5-16-34-49,50-35-17-6-18-36-50)56-40-21-22-41-59-56/h1-43,63H. The van der Waals surface area contributed by atoms with E-state index < -0.39 is 8.07 Å². The highest BCUT2D eigenvalue weighted by Gasteiger charge is 2.43. The fraction of sp³-hybridized carbons (Fsp3) is 0. The topological polar surface area (TPSA) is 52.5 Å². The van der Waals surface area contributed by atoms with Crippen LogP contribution in [0.3, 0.4) is 0 Å². The summed E-state index contributed by atoms with van der Waals surface area (Å²) in [5, 5.41) is 16.4. The Kier molecular flexibility index (Phi) is 11.2. The van der Waals surface area contributed by atoms with Crippen LogP contribution in [0.25, 0.3) is 22.5 Å². The molecule has 0 saturated heterocycles. The number of para-hydroxylation sites is 5. The average molecular weight is 841 g/mol. The van der Waals surface area contributed by atoms with Gasteiger partial charge < -0.3 is 14.9 Å². The smallest absolute Gasteiger partial charge is 0.201 e. The quantitative estimate of drug-likeness (QED) is 0.0981. The van der Waals surface area contributed by atoms with Crippen molar-refractivity contribution in [2.24, 2.45) is 0 Å². The molecular weight excluding hydrogens is 797 g/mol. The van der Waals surface area contributed by atoms with Gasteiger partial charge in [0.1, 0.15) is 5.75 Å². The van der Waals surface area contributed by atoms with Crippen molar-refractivity contribution in [3.05, 3.63) is 261 Å². The van der Waals surface area contributed by atoms with Crippen molar-refractivity contribution >= 4 is 63.1 Å². The number of anilines is 6. The van der Waals surface area contributed by atoms with E-state index in [1.54, 1.807) is 6.07 Å². The van der Waals surface area contributed by atoms with Crippen LogP contribution >= 0.6 is 0 Å². The first kappa shape index (κ1) is 39.8. The highest BCUT2D eigenvalue weighted by atomic mass is 28.3. The third-order valence-electron chi connectivity index (χ3n) is 11.7. The van der Waals surface area contributed by atoms with E-state index in [9.17, 15) is 5.11 Å². The molecule has 0 atom stereocenters. The van der Waals surface area contributed by atoms with Crippen LogP contribution in [0.5, 0.6) is 5.75 Å². The number of rotatable bonds is 12. The molecule has 0 radical (unpaired) electrons. The second-order valence-electron chi connectivity index (χ2n) is 15.5. The van der Waals surface area contributed by atoms with E-state index in [-0.39, 0.29) is 5.75 Å². The number of phenols is 1. The van der Waals surface area contributed by atoms with E-state index in [1.807, 2.05) is 54.7 Å². The van der Waals surface area contributed by atoms with Crippen LogP contribution in [-0.4, -0.2) is 23.1 Å². The lowest BCUT2D eigenvalue weighted by atomic mass is 10.0. The first-order chi connectivity index (χ1) is 31.7. The van der Waals surface area contributed by atoms with Gasteiger partial charge in [0.2, 0.25) is 8.07 Å². The Hall–Kier alpha value is -8.32. The summed E-state index contributed by atoms with van der Waals surface area (Å²) in [6.07, 6.45) is 1.91. The third-order valence-corrected chi connectivity index (χ3v) is 16.4. The van der Waals surface area contributed by atoms with Crippen LogP contribution in [0, 0.1) is 0 Å². The fourth-order valence-corrected chi connectivity index (χ4v) is 13.5. The van der Waals surface area contributed by atoms with E-state index >= 15 is 0 Å². The Balaban J connectivity index is 1.33. The molecule has 64 heavy (non-hydrogen) atoms. The van der Waals surface area contributed by atoms with Gasteiger partial charge in [-0.15, -0.1) is 0 Å². The summed E-state index contributed by atoms with van der Waals surface area (Å²) in [7, 11) is -3.04. The minimum Gasteiger partial charge on any atom is -0.507 e. The molecule has 5 nitrogen and oxygen atoms in total. The summed E-state index contributed by atoms with van der Waals surface area (Å²) in [5.41, 5.74) is 8.47. The molecule has 0 saturated carbocycles. The van der Waals surface area contributed by atoms with Crippen molar-refractivity contribution in [2.45, 2.75) is 0 Å². The van der Waals surface area contributed by atoms with Crippen LogP contribution in [-0.2, 0) is 0 Å². The molecule has 0 fully saturated rings. The Labute approximate surface area is 375 Å². The molecule has 10 aromatic rings. The molecule has 0 amide bonds. The lowest BCUT2D eigenvalue weighted by Crippen LogP contribution is -2.75. The third kappa shape index (κ3) is 7.53. The minimum atomic E-state index is -3.04. The van der Waals surface area contributed by atoms with Crippen molar-refractivity contribution < 1.29 is 5.11 Å². The molecule has 10 rings (SSSR count). The van der Waals surface area contributed by atoms with Gasteiger partial charge in [-0.1, -0.05) is 176 Å².